The topological polar surface area (TPSA) is 78.4 Å². The van der Waals surface area contributed by atoms with Crippen molar-refractivity contribution in [3.63, 3.8) is 0 Å². The first-order valence-corrected chi connectivity index (χ1v) is 9.45. The van der Waals surface area contributed by atoms with Gasteiger partial charge in [-0.2, -0.15) is 0 Å². The Kier molecular flexibility index (Phi) is 5.17. The summed E-state index contributed by atoms with van der Waals surface area (Å²) in [4.78, 5) is 25.5. The third kappa shape index (κ3) is 4.25. The SMILES string of the molecule is CC(O)(CNC(=O)C(=O)NCc1cccs1)c1cc2ccccc2s1. The number of amides is 2. The predicted octanol–water partition coefficient (Wildman–Crippen LogP) is 2.60. The molecule has 0 fully saturated rings. The van der Waals surface area contributed by atoms with Crippen LogP contribution in [0.4, 0.5) is 0 Å². The standard InChI is InChI=1S/C18H18N2O3S2/c1-18(23,15-9-12-5-2-3-7-14(12)25-15)11-20-17(22)16(21)19-10-13-6-4-8-24-13/h2-9,23H,10-11H2,1H3,(H,19,21)(H,20,22). The van der Waals surface area contributed by atoms with Crippen LogP contribution in [0.15, 0.2) is 47.8 Å². The molecule has 3 N–H and O–H groups in total. The number of aliphatic hydroxyl groups is 1. The Morgan fingerprint density at radius 3 is 2.60 bits per heavy atom. The molecule has 5 nitrogen and oxygen atoms in total. The molecular formula is C18H18N2O3S2. The van der Waals surface area contributed by atoms with Crippen LogP contribution in [-0.2, 0) is 21.7 Å². The Balaban J connectivity index is 1.57. The number of carbonyl (C=O) groups excluding carboxylic acids is 2. The number of hydrogen-bond acceptors (Lipinski definition) is 5. The summed E-state index contributed by atoms with van der Waals surface area (Å²) < 4.78 is 1.07. The third-order valence-electron chi connectivity index (χ3n) is 3.76. The molecular weight excluding hydrogens is 356 g/mol. The summed E-state index contributed by atoms with van der Waals surface area (Å²) in [5.74, 6) is -1.46. The summed E-state index contributed by atoms with van der Waals surface area (Å²) in [5, 5.41) is 18.7. The van der Waals surface area contributed by atoms with Crippen LogP contribution in [0.2, 0.25) is 0 Å². The van der Waals surface area contributed by atoms with Crippen LogP contribution in [-0.4, -0.2) is 23.5 Å². The van der Waals surface area contributed by atoms with Crippen LogP contribution in [0, 0.1) is 0 Å². The number of fused-ring (bicyclic) bond motifs is 1. The van der Waals surface area contributed by atoms with E-state index in [1.54, 1.807) is 6.92 Å². The summed E-state index contributed by atoms with van der Waals surface area (Å²) in [6.07, 6.45) is 0. The van der Waals surface area contributed by atoms with E-state index in [2.05, 4.69) is 10.6 Å². The van der Waals surface area contributed by atoms with Crippen LogP contribution in [0.5, 0.6) is 0 Å². The van der Waals surface area contributed by atoms with E-state index in [1.165, 1.54) is 22.7 Å². The van der Waals surface area contributed by atoms with Crippen molar-refractivity contribution in [2.24, 2.45) is 0 Å². The largest absolute Gasteiger partial charge is 0.383 e. The molecule has 1 unspecified atom stereocenters. The molecule has 0 aliphatic carbocycles. The molecule has 7 heteroatoms. The molecule has 0 spiro atoms. The Morgan fingerprint density at radius 1 is 1.12 bits per heavy atom. The van der Waals surface area contributed by atoms with Gasteiger partial charge in [-0.1, -0.05) is 24.3 Å². The number of nitrogens with one attached hydrogen (secondary N) is 2. The quantitative estimate of drug-likeness (QED) is 0.601. The third-order valence-corrected chi connectivity index (χ3v) is 6.00. The normalized spacial score (nSPS) is 13.4. The van der Waals surface area contributed by atoms with Crippen molar-refractivity contribution in [2.45, 2.75) is 19.1 Å². The van der Waals surface area contributed by atoms with Gasteiger partial charge in [0.2, 0.25) is 0 Å². The summed E-state index contributed by atoms with van der Waals surface area (Å²) in [7, 11) is 0. The van der Waals surface area contributed by atoms with Crippen molar-refractivity contribution in [2.75, 3.05) is 6.54 Å². The molecule has 0 saturated heterocycles. The summed E-state index contributed by atoms with van der Waals surface area (Å²) in [6, 6.07) is 13.5. The number of rotatable bonds is 5. The molecule has 1 atom stereocenters. The smallest absolute Gasteiger partial charge is 0.309 e. The zero-order valence-electron chi connectivity index (χ0n) is 13.6. The minimum absolute atomic E-state index is 0.0366. The van der Waals surface area contributed by atoms with E-state index in [4.69, 9.17) is 0 Å². The molecule has 1 aromatic carbocycles. The van der Waals surface area contributed by atoms with Crippen molar-refractivity contribution in [3.8, 4) is 0 Å². The van der Waals surface area contributed by atoms with Gasteiger partial charge in [0.1, 0.15) is 5.60 Å². The first-order valence-electron chi connectivity index (χ1n) is 7.75. The fourth-order valence-electron chi connectivity index (χ4n) is 2.33. The first kappa shape index (κ1) is 17.6. The number of thiophene rings is 2. The molecule has 0 radical (unpaired) electrons. The highest BCUT2D eigenvalue weighted by atomic mass is 32.1. The lowest BCUT2D eigenvalue weighted by molar-refractivity contribution is -0.139. The fraction of sp³-hybridized carbons (Fsp3) is 0.222. The van der Waals surface area contributed by atoms with Gasteiger partial charge in [-0.25, -0.2) is 0 Å². The summed E-state index contributed by atoms with van der Waals surface area (Å²) >= 11 is 2.98. The lowest BCUT2D eigenvalue weighted by atomic mass is 10.0. The van der Waals surface area contributed by atoms with Crippen LogP contribution >= 0.6 is 22.7 Å². The van der Waals surface area contributed by atoms with Gasteiger partial charge < -0.3 is 15.7 Å². The van der Waals surface area contributed by atoms with E-state index in [0.717, 1.165) is 19.8 Å². The molecule has 0 bridgehead atoms. The lowest BCUT2D eigenvalue weighted by Crippen LogP contribution is -2.44. The van der Waals surface area contributed by atoms with Gasteiger partial charge in [0.25, 0.3) is 0 Å². The first-order chi connectivity index (χ1) is 12.0. The van der Waals surface area contributed by atoms with Crippen molar-refractivity contribution in [1.29, 1.82) is 0 Å². The average Bonchev–Trinajstić information content (AvgIpc) is 3.26. The summed E-state index contributed by atoms with van der Waals surface area (Å²) in [5.41, 5.74) is -1.24. The molecule has 0 saturated carbocycles. The minimum Gasteiger partial charge on any atom is -0.383 e. The van der Waals surface area contributed by atoms with E-state index in [-0.39, 0.29) is 6.54 Å². The van der Waals surface area contributed by atoms with E-state index in [0.29, 0.717) is 6.54 Å². The number of carbonyl (C=O) groups is 2. The lowest BCUT2D eigenvalue weighted by Gasteiger charge is -2.22. The Bertz CT molecular complexity index is 852. The van der Waals surface area contributed by atoms with Crippen molar-refractivity contribution in [3.05, 3.63) is 57.6 Å². The summed E-state index contributed by atoms with van der Waals surface area (Å²) in [6.45, 7) is 1.91. The molecule has 25 heavy (non-hydrogen) atoms. The van der Waals surface area contributed by atoms with Crippen molar-refractivity contribution >= 4 is 44.6 Å². The van der Waals surface area contributed by atoms with Crippen molar-refractivity contribution in [1.82, 2.24) is 10.6 Å². The average molecular weight is 374 g/mol. The van der Waals surface area contributed by atoms with Gasteiger partial charge >= 0.3 is 11.8 Å². The van der Waals surface area contributed by atoms with Crippen LogP contribution in [0.25, 0.3) is 10.1 Å². The van der Waals surface area contributed by atoms with Gasteiger partial charge in [-0.05, 0) is 35.9 Å². The van der Waals surface area contributed by atoms with Gasteiger partial charge in [-0.15, -0.1) is 22.7 Å². The molecule has 0 aliphatic rings. The van der Waals surface area contributed by atoms with Crippen LogP contribution in [0.1, 0.15) is 16.7 Å². The highest BCUT2D eigenvalue weighted by molar-refractivity contribution is 7.19. The Labute approximate surface area is 153 Å². The van der Waals surface area contributed by atoms with Gasteiger partial charge in [-0.3, -0.25) is 9.59 Å². The molecule has 2 aromatic heterocycles. The van der Waals surface area contributed by atoms with Gasteiger partial charge in [0.15, 0.2) is 0 Å². The van der Waals surface area contributed by atoms with E-state index in [1.807, 2.05) is 47.8 Å². The highest BCUT2D eigenvalue weighted by Crippen LogP contribution is 2.32. The Hall–Kier alpha value is -2.22. The zero-order chi connectivity index (χ0) is 17.9. The van der Waals surface area contributed by atoms with Gasteiger partial charge in [0, 0.05) is 14.5 Å². The maximum Gasteiger partial charge on any atom is 0.309 e. The molecule has 3 rings (SSSR count). The van der Waals surface area contributed by atoms with Crippen LogP contribution < -0.4 is 10.6 Å². The van der Waals surface area contributed by atoms with E-state index < -0.39 is 17.4 Å². The molecule has 130 valence electrons. The van der Waals surface area contributed by atoms with Crippen LogP contribution in [0.3, 0.4) is 0 Å². The Morgan fingerprint density at radius 2 is 1.88 bits per heavy atom. The molecule has 0 aliphatic heterocycles. The van der Waals surface area contributed by atoms with Gasteiger partial charge in [0.05, 0.1) is 13.1 Å². The molecule has 2 amide bonds. The molecule has 2 heterocycles. The second-order valence-electron chi connectivity index (χ2n) is 5.87. The minimum atomic E-state index is -1.24. The zero-order valence-corrected chi connectivity index (χ0v) is 15.2. The number of hydrogen-bond donors (Lipinski definition) is 3. The maximum atomic E-state index is 11.9. The number of benzene rings is 1. The fourth-order valence-corrected chi connectivity index (χ4v) is 4.08. The monoisotopic (exact) mass is 374 g/mol. The second kappa shape index (κ2) is 7.35. The maximum absolute atomic E-state index is 11.9. The van der Waals surface area contributed by atoms with E-state index in [9.17, 15) is 14.7 Å². The predicted molar refractivity (Wildman–Crippen MR) is 101 cm³/mol. The molecule has 3 aromatic rings. The second-order valence-corrected chi connectivity index (χ2v) is 7.98. The van der Waals surface area contributed by atoms with E-state index >= 15 is 0 Å². The van der Waals surface area contributed by atoms with Crippen molar-refractivity contribution < 1.29 is 14.7 Å². The highest BCUT2D eigenvalue weighted by Gasteiger charge is 2.27.